The van der Waals surface area contributed by atoms with Crippen LogP contribution in [0.2, 0.25) is 5.02 Å². The molecule has 1 amide bonds. The number of nitrogens with zero attached hydrogens (tertiary/aromatic N) is 4. The zero-order valence-electron chi connectivity index (χ0n) is 17.3. The average molecular weight is 527 g/mol. The summed E-state index contributed by atoms with van der Waals surface area (Å²) in [6, 6.07) is 13.5. The van der Waals surface area contributed by atoms with E-state index in [0.717, 1.165) is 5.56 Å². The largest absolute Gasteiger partial charge is 0.503 e. The fourth-order valence-corrected chi connectivity index (χ4v) is 6.37. The van der Waals surface area contributed by atoms with Gasteiger partial charge in [-0.3, -0.25) is 19.5 Å². The second-order valence-corrected chi connectivity index (χ2v) is 10.7. The van der Waals surface area contributed by atoms with Gasteiger partial charge in [-0.25, -0.2) is 0 Å². The van der Waals surface area contributed by atoms with E-state index in [0.29, 0.717) is 25.6 Å². The molecule has 1 N–H and O–H groups in total. The van der Waals surface area contributed by atoms with Crippen molar-refractivity contribution in [1.29, 1.82) is 0 Å². The topological polar surface area (TPSA) is 96.3 Å². The molecule has 0 spiro atoms. The Balaban J connectivity index is 1.48. The Morgan fingerprint density at radius 2 is 2.00 bits per heavy atom. The molecule has 1 aromatic carbocycles. The molecule has 1 atom stereocenters. The van der Waals surface area contributed by atoms with Gasteiger partial charge in [0.05, 0.1) is 16.5 Å². The Bertz CT molecular complexity index is 1390. The van der Waals surface area contributed by atoms with Crippen LogP contribution in [-0.2, 0) is 10.5 Å². The summed E-state index contributed by atoms with van der Waals surface area (Å²) in [6.07, 6.45) is 3.17. The summed E-state index contributed by atoms with van der Waals surface area (Å²) in [7, 11) is 0. The molecule has 1 unspecified atom stereocenters. The summed E-state index contributed by atoms with van der Waals surface area (Å²) in [5.41, 5.74) is 1.54. The van der Waals surface area contributed by atoms with Crippen LogP contribution < -0.4 is 4.90 Å². The van der Waals surface area contributed by atoms with Crippen LogP contribution in [0.25, 0.3) is 0 Å². The zero-order chi connectivity index (χ0) is 23.7. The van der Waals surface area contributed by atoms with Crippen LogP contribution in [0, 0.1) is 0 Å². The molecular weight excluding hydrogens is 512 g/mol. The highest BCUT2D eigenvalue weighted by Gasteiger charge is 2.46. The van der Waals surface area contributed by atoms with E-state index in [4.69, 9.17) is 11.6 Å². The van der Waals surface area contributed by atoms with Crippen LogP contribution in [0.1, 0.15) is 26.8 Å². The number of ketones is 1. The van der Waals surface area contributed by atoms with E-state index in [-0.39, 0.29) is 10.7 Å². The van der Waals surface area contributed by atoms with Crippen molar-refractivity contribution >= 4 is 62.9 Å². The molecule has 0 fully saturated rings. The van der Waals surface area contributed by atoms with Gasteiger partial charge in [-0.15, -0.1) is 21.5 Å². The second kappa shape index (κ2) is 9.67. The molecule has 3 aromatic heterocycles. The summed E-state index contributed by atoms with van der Waals surface area (Å²) in [5, 5.41) is 21.9. The third-order valence-corrected chi connectivity index (χ3v) is 8.45. The first kappa shape index (κ1) is 22.7. The highest BCUT2D eigenvalue weighted by Crippen LogP contribution is 2.44. The molecule has 34 heavy (non-hydrogen) atoms. The quantitative estimate of drug-likeness (QED) is 0.187. The van der Waals surface area contributed by atoms with Gasteiger partial charge in [0, 0.05) is 23.2 Å². The lowest BCUT2D eigenvalue weighted by Gasteiger charge is -2.23. The van der Waals surface area contributed by atoms with E-state index < -0.39 is 23.5 Å². The zero-order valence-corrected chi connectivity index (χ0v) is 20.5. The van der Waals surface area contributed by atoms with Crippen molar-refractivity contribution in [2.45, 2.75) is 16.1 Å². The fraction of sp³-hybridized carbons (Fsp3) is 0.0870. The van der Waals surface area contributed by atoms with Crippen molar-refractivity contribution in [3.8, 4) is 0 Å². The first-order chi connectivity index (χ1) is 16.5. The number of pyridine rings is 1. The summed E-state index contributed by atoms with van der Waals surface area (Å²) >= 11 is 10.1. The molecule has 1 aliphatic heterocycles. The van der Waals surface area contributed by atoms with Crippen molar-refractivity contribution in [3.05, 3.63) is 98.7 Å². The molecule has 4 heterocycles. The molecule has 170 valence electrons. The van der Waals surface area contributed by atoms with E-state index in [9.17, 15) is 14.7 Å². The smallest absolute Gasteiger partial charge is 0.296 e. The Hall–Kier alpha value is -3.05. The number of anilines is 1. The van der Waals surface area contributed by atoms with Crippen LogP contribution in [0.4, 0.5) is 5.13 Å². The predicted octanol–water partition coefficient (Wildman–Crippen LogP) is 5.72. The number of Topliss-reactive ketones (excluding diaryl/α,β-unsaturated/α-hetero) is 1. The number of hydrogen-bond acceptors (Lipinski definition) is 9. The van der Waals surface area contributed by atoms with Gasteiger partial charge in [-0.05, 0) is 34.7 Å². The summed E-state index contributed by atoms with van der Waals surface area (Å²) in [5.74, 6) is -1.12. The summed E-state index contributed by atoms with van der Waals surface area (Å²) in [6.45, 7) is 0. The van der Waals surface area contributed by atoms with Crippen molar-refractivity contribution < 1.29 is 14.7 Å². The monoisotopic (exact) mass is 526 g/mol. The third-order valence-electron chi connectivity index (χ3n) is 5.11. The molecule has 5 rings (SSSR count). The van der Waals surface area contributed by atoms with Gasteiger partial charge >= 0.3 is 0 Å². The number of carbonyl (C=O) groups is 2. The highest BCUT2D eigenvalue weighted by molar-refractivity contribution is 8.00. The van der Waals surface area contributed by atoms with Crippen LogP contribution in [0.3, 0.4) is 0 Å². The Morgan fingerprint density at radius 1 is 1.15 bits per heavy atom. The van der Waals surface area contributed by atoms with Gasteiger partial charge in [0.1, 0.15) is 0 Å². The average Bonchev–Trinajstić information content (AvgIpc) is 3.60. The molecule has 7 nitrogen and oxygen atoms in total. The van der Waals surface area contributed by atoms with Crippen molar-refractivity contribution in [1.82, 2.24) is 15.2 Å². The summed E-state index contributed by atoms with van der Waals surface area (Å²) in [4.78, 5) is 32.3. The minimum atomic E-state index is -0.870. The maximum absolute atomic E-state index is 13.3. The minimum absolute atomic E-state index is 0.000852. The van der Waals surface area contributed by atoms with Crippen molar-refractivity contribution in [2.24, 2.45) is 0 Å². The first-order valence-electron chi connectivity index (χ1n) is 9.99. The van der Waals surface area contributed by atoms with Gasteiger partial charge in [0.15, 0.2) is 10.1 Å². The number of rotatable bonds is 7. The lowest BCUT2D eigenvalue weighted by molar-refractivity contribution is -0.117. The Morgan fingerprint density at radius 3 is 2.74 bits per heavy atom. The molecule has 0 saturated heterocycles. The maximum atomic E-state index is 13.3. The predicted molar refractivity (Wildman–Crippen MR) is 134 cm³/mol. The molecule has 0 aliphatic carbocycles. The fourth-order valence-electron chi connectivity index (χ4n) is 3.54. The van der Waals surface area contributed by atoms with E-state index in [1.54, 1.807) is 42.0 Å². The molecule has 0 radical (unpaired) electrons. The minimum Gasteiger partial charge on any atom is -0.503 e. The third kappa shape index (κ3) is 4.25. The molecule has 0 saturated carbocycles. The molecule has 0 bridgehead atoms. The van der Waals surface area contributed by atoms with E-state index in [2.05, 4.69) is 15.2 Å². The number of aromatic nitrogens is 3. The normalized spacial score (nSPS) is 15.9. The van der Waals surface area contributed by atoms with Gasteiger partial charge in [0.25, 0.3) is 5.91 Å². The number of carbonyl (C=O) groups excluding carboxylic acids is 2. The van der Waals surface area contributed by atoms with Crippen LogP contribution in [0.5, 0.6) is 0 Å². The number of hydrogen-bond donors (Lipinski definition) is 1. The van der Waals surface area contributed by atoms with Gasteiger partial charge in [0.2, 0.25) is 10.9 Å². The molecule has 11 heteroatoms. The van der Waals surface area contributed by atoms with Crippen molar-refractivity contribution in [2.75, 3.05) is 4.90 Å². The van der Waals surface area contributed by atoms with Gasteiger partial charge in [-0.2, -0.15) is 0 Å². The van der Waals surface area contributed by atoms with Crippen LogP contribution in [-0.4, -0.2) is 32.0 Å². The number of benzene rings is 1. The van der Waals surface area contributed by atoms with E-state index in [1.165, 1.54) is 39.3 Å². The van der Waals surface area contributed by atoms with Crippen molar-refractivity contribution in [3.63, 3.8) is 0 Å². The lowest BCUT2D eigenvalue weighted by Crippen LogP contribution is -2.31. The first-order valence-corrected chi connectivity index (χ1v) is 13.0. The van der Waals surface area contributed by atoms with E-state index >= 15 is 0 Å². The lowest BCUT2D eigenvalue weighted by atomic mass is 9.97. The molecular formula is C23H15ClN4O3S3. The number of thiophene rings is 1. The number of aliphatic hydroxyl groups is 1. The molecule has 1 aliphatic rings. The second-order valence-electron chi connectivity index (χ2n) is 7.16. The van der Waals surface area contributed by atoms with Gasteiger partial charge < -0.3 is 5.11 Å². The van der Waals surface area contributed by atoms with E-state index in [1.807, 2.05) is 24.3 Å². The number of thioether (sulfide) groups is 1. The number of aliphatic hydroxyl groups excluding tert-OH is 1. The SMILES string of the molecule is O=C(C1=C(O)C(=O)N(c2nnc(SCc3ccccc3Cl)s2)C1c1cccnc1)c1cccs1. The highest BCUT2D eigenvalue weighted by atomic mass is 35.5. The van der Waals surface area contributed by atoms with Crippen LogP contribution >= 0.6 is 46.0 Å². The van der Waals surface area contributed by atoms with Crippen LogP contribution in [0.15, 0.2) is 82.0 Å². The Labute approximate surface area is 211 Å². The number of halogens is 1. The number of amides is 1. The standard InChI is InChI=1S/C23H15ClN4O3S3/c24-15-7-2-1-5-14(15)12-33-23-27-26-22(34-23)28-18(13-6-3-9-25-11-13)17(20(30)21(28)31)19(29)16-8-4-10-32-16/h1-11,18,30H,12H2. The maximum Gasteiger partial charge on any atom is 0.296 e. The summed E-state index contributed by atoms with van der Waals surface area (Å²) < 4.78 is 0.630. The molecule has 4 aromatic rings. The van der Waals surface area contributed by atoms with Gasteiger partial charge in [-0.1, -0.05) is 65.0 Å². The Kier molecular flexibility index (Phi) is 6.46.